The lowest BCUT2D eigenvalue weighted by Crippen LogP contribution is -2.64. The number of unbranched alkanes of at least 4 members (excludes halogenated alkanes) is 31. The maximum absolute atomic E-state index is 12.8. The zero-order chi connectivity index (χ0) is 44.1. The summed E-state index contributed by atoms with van der Waals surface area (Å²) in [7, 11) is -5.01. The molecule has 0 bridgehead atoms. The van der Waals surface area contributed by atoms with Gasteiger partial charge in [-0.2, -0.15) is 0 Å². The molecule has 0 aromatic heterocycles. The van der Waals surface area contributed by atoms with Gasteiger partial charge in [0.25, 0.3) is 0 Å². The van der Waals surface area contributed by atoms with Gasteiger partial charge in [0, 0.05) is 13.0 Å². The number of ether oxygens (including phenoxy) is 2. The van der Waals surface area contributed by atoms with Crippen LogP contribution in [0.25, 0.3) is 0 Å². The molecule has 1 saturated carbocycles. The molecule has 1 aliphatic rings. The number of aliphatic hydroxyl groups is 5. The molecule has 13 heteroatoms. The Hall–Kier alpha value is -0.660. The Labute approximate surface area is 365 Å². The molecule has 0 spiro atoms. The largest absolute Gasteiger partial charge is 0.472 e. The Balaban J connectivity index is 2.30. The topological polar surface area (TPSA) is 192 Å². The molecule has 6 unspecified atom stereocenters. The molecule has 6 N–H and O–H groups in total. The molecule has 0 saturated heterocycles. The van der Waals surface area contributed by atoms with Crippen molar-refractivity contribution in [3.8, 4) is 0 Å². The summed E-state index contributed by atoms with van der Waals surface area (Å²) in [4.78, 5) is 23.1. The van der Waals surface area contributed by atoms with Crippen molar-refractivity contribution >= 4 is 13.8 Å². The number of hydrogen-bond donors (Lipinski definition) is 6. The summed E-state index contributed by atoms with van der Waals surface area (Å²) in [5.74, 6) is -0.472. The van der Waals surface area contributed by atoms with E-state index >= 15 is 0 Å². The molecule has 358 valence electrons. The van der Waals surface area contributed by atoms with Gasteiger partial charge in [-0.1, -0.05) is 213 Å². The molecule has 60 heavy (non-hydrogen) atoms. The summed E-state index contributed by atoms with van der Waals surface area (Å²) in [6.07, 6.45) is 28.9. The molecule has 1 rings (SSSR count). The Bertz CT molecular complexity index is 1000. The minimum absolute atomic E-state index is 0.0678. The minimum atomic E-state index is -5.01. The standard InChI is InChI=1S/C47H93O12P/c1-3-5-7-9-11-13-15-17-18-19-20-21-22-23-24-25-27-29-31-33-35-37-56-38-40(58-41(48)36-34-32-30-28-26-16-14-12-10-8-6-4-2)39-57-60(54,55)59-47-45(52)43(50)42(49)44(51)46(47)53/h40,42-47,49-53H,3-39H2,1-2H3,(H,54,55). The van der Waals surface area contributed by atoms with E-state index in [-0.39, 0.29) is 13.0 Å². The van der Waals surface area contributed by atoms with Crippen molar-refractivity contribution in [3.05, 3.63) is 0 Å². The lowest BCUT2D eigenvalue weighted by Gasteiger charge is -2.41. The fraction of sp³-hybridized carbons (Fsp3) is 0.979. The van der Waals surface area contributed by atoms with E-state index in [0.717, 1.165) is 38.5 Å². The van der Waals surface area contributed by atoms with Crippen LogP contribution in [-0.4, -0.2) is 98.9 Å². The first kappa shape index (κ1) is 57.4. The van der Waals surface area contributed by atoms with Gasteiger partial charge in [-0.3, -0.25) is 13.8 Å². The van der Waals surface area contributed by atoms with Crippen molar-refractivity contribution in [1.82, 2.24) is 0 Å². The van der Waals surface area contributed by atoms with Crippen LogP contribution in [0.4, 0.5) is 0 Å². The molecule has 0 amide bonds. The van der Waals surface area contributed by atoms with Crippen LogP contribution < -0.4 is 0 Å². The van der Waals surface area contributed by atoms with Crippen LogP contribution in [0.3, 0.4) is 0 Å². The van der Waals surface area contributed by atoms with E-state index in [1.807, 2.05) is 0 Å². The number of hydrogen-bond acceptors (Lipinski definition) is 11. The first-order valence-electron chi connectivity index (χ1n) is 24.9. The average Bonchev–Trinajstić information content (AvgIpc) is 3.23. The summed E-state index contributed by atoms with van der Waals surface area (Å²) >= 11 is 0. The number of phosphoric acid groups is 1. The van der Waals surface area contributed by atoms with Gasteiger partial charge in [0.05, 0.1) is 13.2 Å². The van der Waals surface area contributed by atoms with E-state index < -0.39 is 63.1 Å². The van der Waals surface area contributed by atoms with E-state index in [2.05, 4.69) is 13.8 Å². The van der Waals surface area contributed by atoms with Crippen LogP contribution >= 0.6 is 7.82 Å². The molecule has 0 aromatic carbocycles. The zero-order valence-corrected chi connectivity index (χ0v) is 39.2. The molecular formula is C47H93O12P. The quantitative estimate of drug-likeness (QED) is 0.0193. The highest BCUT2D eigenvalue weighted by Crippen LogP contribution is 2.47. The molecule has 0 radical (unpaired) electrons. The zero-order valence-electron chi connectivity index (χ0n) is 38.3. The first-order chi connectivity index (χ1) is 29.0. The third-order valence-corrected chi connectivity index (χ3v) is 13.0. The Kier molecular flexibility index (Phi) is 37.1. The van der Waals surface area contributed by atoms with Crippen molar-refractivity contribution in [3.63, 3.8) is 0 Å². The van der Waals surface area contributed by atoms with Gasteiger partial charge in [0.2, 0.25) is 0 Å². The van der Waals surface area contributed by atoms with Gasteiger partial charge >= 0.3 is 13.8 Å². The van der Waals surface area contributed by atoms with Crippen molar-refractivity contribution in [2.75, 3.05) is 19.8 Å². The minimum Gasteiger partial charge on any atom is -0.457 e. The van der Waals surface area contributed by atoms with Crippen LogP contribution in [-0.2, 0) is 27.9 Å². The predicted octanol–water partition coefficient (Wildman–Crippen LogP) is 10.5. The van der Waals surface area contributed by atoms with Crippen LogP contribution in [0.15, 0.2) is 0 Å². The second-order valence-electron chi connectivity index (χ2n) is 17.7. The summed E-state index contributed by atoms with van der Waals surface area (Å²) in [5, 5.41) is 50.2. The van der Waals surface area contributed by atoms with Gasteiger partial charge in [-0.05, 0) is 12.8 Å². The lowest BCUT2D eigenvalue weighted by molar-refractivity contribution is -0.220. The maximum atomic E-state index is 12.8. The molecule has 1 fully saturated rings. The third kappa shape index (κ3) is 30.4. The van der Waals surface area contributed by atoms with Crippen molar-refractivity contribution in [2.45, 2.75) is 275 Å². The van der Waals surface area contributed by atoms with E-state index in [1.165, 1.54) is 167 Å². The molecule has 0 aliphatic heterocycles. The van der Waals surface area contributed by atoms with Crippen molar-refractivity contribution in [2.24, 2.45) is 0 Å². The first-order valence-corrected chi connectivity index (χ1v) is 26.4. The highest BCUT2D eigenvalue weighted by molar-refractivity contribution is 7.47. The Morgan fingerprint density at radius 2 is 0.783 bits per heavy atom. The number of carbonyl (C=O) groups excluding carboxylic acids is 1. The third-order valence-electron chi connectivity index (χ3n) is 12.0. The molecule has 0 heterocycles. The smallest absolute Gasteiger partial charge is 0.457 e. The number of esters is 1. The van der Waals surface area contributed by atoms with Crippen LogP contribution in [0, 0.1) is 0 Å². The van der Waals surface area contributed by atoms with Gasteiger partial charge in [0.1, 0.15) is 42.7 Å². The number of aliphatic hydroxyl groups excluding tert-OH is 5. The fourth-order valence-electron chi connectivity index (χ4n) is 8.01. The summed E-state index contributed by atoms with van der Waals surface area (Å²) in [6, 6.07) is 0. The monoisotopic (exact) mass is 881 g/mol. The van der Waals surface area contributed by atoms with Crippen LogP contribution in [0.5, 0.6) is 0 Å². The second kappa shape index (κ2) is 38.8. The molecule has 6 atom stereocenters. The van der Waals surface area contributed by atoms with E-state index in [1.54, 1.807) is 0 Å². The second-order valence-corrected chi connectivity index (χ2v) is 19.1. The van der Waals surface area contributed by atoms with E-state index in [9.17, 15) is 39.8 Å². The predicted molar refractivity (Wildman–Crippen MR) is 240 cm³/mol. The number of phosphoric ester groups is 1. The summed E-state index contributed by atoms with van der Waals surface area (Å²) < 4.78 is 34.2. The van der Waals surface area contributed by atoms with Gasteiger partial charge in [-0.15, -0.1) is 0 Å². The van der Waals surface area contributed by atoms with Crippen LogP contribution in [0.2, 0.25) is 0 Å². The fourth-order valence-corrected chi connectivity index (χ4v) is 8.98. The summed E-state index contributed by atoms with van der Waals surface area (Å²) in [6.45, 7) is 4.30. The van der Waals surface area contributed by atoms with Crippen LogP contribution in [0.1, 0.15) is 232 Å². The van der Waals surface area contributed by atoms with Gasteiger partial charge in [-0.25, -0.2) is 4.57 Å². The molecule has 12 nitrogen and oxygen atoms in total. The van der Waals surface area contributed by atoms with Crippen molar-refractivity contribution in [1.29, 1.82) is 0 Å². The Morgan fingerprint density at radius 1 is 0.467 bits per heavy atom. The van der Waals surface area contributed by atoms with E-state index in [0.29, 0.717) is 13.0 Å². The molecule has 0 aromatic rings. The number of carbonyl (C=O) groups is 1. The van der Waals surface area contributed by atoms with Gasteiger partial charge in [0.15, 0.2) is 0 Å². The Morgan fingerprint density at radius 3 is 1.15 bits per heavy atom. The average molecular weight is 881 g/mol. The lowest BCUT2D eigenvalue weighted by atomic mass is 9.85. The van der Waals surface area contributed by atoms with Gasteiger partial charge < -0.3 is 39.9 Å². The number of rotatable bonds is 43. The highest BCUT2D eigenvalue weighted by Gasteiger charge is 2.51. The molecule has 1 aliphatic carbocycles. The van der Waals surface area contributed by atoms with Crippen molar-refractivity contribution < 1.29 is 58.3 Å². The normalized spacial score (nSPS) is 22.2. The highest BCUT2D eigenvalue weighted by atomic mass is 31.2. The SMILES string of the molecule is CCCCCCCCCCCCCCCCCCCCCCCOCC(COP(=O)(O)OC1C(O)C(O)C(O)C(O)C1O)OC(=O)CCCCCCCCCCCCCC. The maximum Gasteiger partial charge on any atom is 0.472 e. The molecular weight excluding hydrogens is 787 g/mol. The summed E-state index contributed by atoms with van der Waals surface area (Å²) in [5.41, 5.74) is 0. The van der Waals surface area contributed by atoms with E-state index in [4.69, 9.17) is 18.5 Å².